The molecule has 1 aromatic heterocycles. The fraction of sp³-hybridized carbons (Fsp3) is 0.464. The molecule has 3 aromatic rings. The molecule has 2 aliphatic rings. The van der Waals surface area contributed by atoms with E-state index in [1.165, 1.54) is 25.3 Å². The summed E-state index contributed by atoms with van der Waals surface area (Å²) >= 11 is 0. The summed E-state index contributed by atoms with van der Waals surface area (Å²) in [6, 6.07) is 6.20. The maximum absolute atomic E-state index is 13.4. The van der Waals surface area contributed by atoms with Crippen molar-refractivity contribution in [1.29, 1.82) is 0 Å². The van der Waals surface area contributed by atoms with E-state index < -0.39 is 102 Å². The minimum absolute atomic E-state index is 0.0421. The van der Waals surface area contributed by atoms with Crippen LogP contribution in [0.15, 0.2) is 39.5 Å². The molecule has 2 fully saturated rings. The Hall–Kier alpha value is -3.55. The Bertz CT molecular complexity index is 1550. The molecular weight excluding hydrogens is 592 g/mol. The predicted molar refractivity (Wildman–Crippen MR) is 145 cm³/mol. The Balaban J connectivity index is 1.69. The van der Waals surface area contributed by atoms with Crippen molar-refractivity contribution >= 4 is 11.0 Å². The number of benzene rings is 2. The zero-order valence-electron chi connectivity index (χ0n) is 23.0. The molecule has 240 valence electrons. The van der Waals surface area contributed by atoms with Crippen LogP contribution in [0.1, 0.15) is 11.7 Å². The van der Waals surface area contributed by atoms with Crippen LogP contribution >= 0.6 is 0 Å². The number of aliphatic hydroxyl groups excluding tert-OH is 8. The molecule has 0 unspecified atom stereocenters. The summed E-state index contributed by atoms with van der Waals surface area (Å²) in [5.41, 5.74) is -1.30. The molecule has 2 aromatic carbocycles. The highest BCUT2D eigenvalue weighted by atomic mass is 16.7. The van der Waals surface area contributed by atoms with Crippen LogP contribution in [0.3, 0.4) is 0 Å². The minimum Gasteiger partial charge on any atom is -0.506 e. The standard InChI is InChI=1S/C28H32O16/c1-40-13-4-9(2-3-10(13)31)12-5-11(32)18-14(41-12)6-15(43-28-26(39)24(37)21(34)17(8-30)44-28)19(22(18)35)27-25(38)23(36)20(33)16(7-29)42-27/h2-6,16-17,20-21,23-31,33-39H,7-8H2,1H3/t16-,17-,20+,21+,23-,24-,25+,26+,27-,28+/m0/s1. The largest absolute Gasteiger partial charge is 0.506 e. The van der Waals surface area contributed by atoms with E-state index in [-0.39, 0.29) is 28.4 Å². The SMILES string of the molecule is COc1cc(-c2cc(=O)c3c(O)c([C@@H]4O[C@@H](CO)[C@@H](O)[C@H](O)[C@H]4O)c(O[C@@H]4O[C@@H](CO)[C@@H](O)[C@H](O)[C@H]4O)cc3o2)ccc1O. The predicted octanol–water partition coefficient (Wildman–Crippen LogP) is -2.43. The molecule has 0 spiro atoms. The number of fused-ring (bicyclic) bond motifs is 1. The van der Waals surface area contributed by atoms with Crippen molar-refractivity contribution in [3.05, 3.63) is 46.1 Å². The molecule has 0 saturated carbocycles. The highest BCUT2D eigenvalue weighted by Gasteiger charge is 2.48. The summed E-state index contributed by atoms with van der Waals surface area (Å²) in [6.45, 7) is -1.61. The molecule has 16 heteroatoms. The molecule has 5 rings (SSSR count). The molecule has 10 N–H and O–H groups in total. The zero-order valence-corrected chi connectivity index (χ0v) is 23.0. The van der Waals surface area contributed by atoms with E-state index in [1.54, 1.807) is 0 Å². The molecule has 0 bridgehead atoms. The lowest BCUT2D eigenvalue weighted by Gasteiger charge is -2.42. The van der Waals surface area contributed by atoms with Crippen molar-refractivity contribution < 1.29 is 74.4 Å². The first-order valence-corrected chi connectivity index (χ1v) is 13.4. The molecule has 44 heavy (non-hydrogen) atoms. The number of ether oxygens (including phenoxy) is 4. The van der Waals surface area contributed by atoms with Crippen LogP contribution in [0.25, 0.3) is 22.3 Å². The van der Waals surface area contributed by atoms with Crippen LogP contribution in [0.5, 0.6) is 23.0 Å². The van der Waals surface area contributed by atoms with Gasteiger partial charge in [-0.05, 0) is 18.2 Å². The van der Waals surface area contributed by atoms with Crippen molar-refractivity contribution in [2.75, 3.05) is 20.3 Å². The topological polar surface area (TPSA) is 269 Å². The molecule has 0 aliphatic carbocycles. The second kappa shape index (κ2) is 12.4. The second-order valence-electron chi connectivity index (χ2n) is 10.4. The first-order valence-electron chi connectivity index (χ1n) is 13.4. The van der Waals surface area contributed by atoms with Gasteiger partial charge in [0.05, 0.1) is 25.9 Å². The number of methoxy groups -OCH3 is 1. The molecule has 10 atom stereocenters. The fourth-order valence-corrected chi connectivity index (χ4v) is 5.27. The van der Waals surface area contributed by atoms with Crippen molar-refractivity contribution in [3.63, 3.8) is 0 Å². The summed E-state index contributed by atoms with van der Waals surface area (Å²) in [5.74, 6) is -1.50. The minimum atomic E-state index is -1.95. The Morgan fingerprint density at radius 3 is 2.05 bits per heavy atom. The maximum atomic E-state index is 13.4. The van der Waals surface area contributed by atoms with Crippen LogP contribution in [0.2, 0.25) is 0 Å². The smallest absolute Gasteiger partial charge is 0.229 e. The molecule has 0 radical (unpaired) electrons. The molecule has 0 amide bonds. The van der Waals surface area contributed by atoms with E-state index in [0.29, 0.717) is 0 Å². The van der Waals surface area contributed by atoms with Gasteiger partial charge in [0.2, 0.25) is 6.29 Å². The van der Waals surface area contributed by atoms with Crippen LogP contribution in [-0.4, -0.2) is 127 Å². The second-order valence-corrected chi connectivity index (χ2v) is 10.4. The van der Waals surface area contributed by atoms with Gasteiger partial charge in [0.15, 0.2) is 16.9 Å². The number of phenols is 2. The van der Waals surface area contributed by atoms with Crippen molar-refractivity contribution in [2.45, 2.75) is 61.2 Å². The number of aliphatic hydroxyl groups is 8. The lowest BCUT2D eigenvalue weighted by atomic mass is 9.89. The summed E-state index contributed by atoms with van der Waals surface area (Å²) in [5, 5.41) is 103. The highest BCUT2D eigenvalue weighted by molar-refractivity contribution is 5.88. The van der Waals surface area contributed by atoms with Gasteiger partial charge in [0.1, 0.15) is 83.2 Å². The summed E-state index contributed by atoms with van der Waals surface area (Å²) in [4.78, 5) is 13.4. The van der Waals surface area contributed by atoms with E-state index in [9.17, 15) is 55.9 Å². The summed E-state index contributed by atoms with van der Waals surface area (Å²) in [6.07, 6.45) is -17.5. The third-order valence-electron chi connectivity index (χ3n) is 7.73. The third-order valence-corrected chi connectivity index (χ3v) is 7.73. The van der Waals surface area contributed by atoms with Gasteiger partial charge in [-0.25, -0.2) is 0 Å². The first-order chi connectivity index (χ1) is 20.9. The van der Waals surface area contributed by atoms with Crippen molar-refractivity contribution in [3.8, 4) is 34.3 Å². The number of hydrogen-bond acceptors (Lipinski definition) is 16. The van der Waals surface area contributed by atoms with E-state index in [4.69, 9.17) is 23.4 Å². The monoisotopic (exact) mass is 624 g/mol. The molecular formula is C28H32O16. The van der Waals surface area contributed by atoms with E-state index in [1.807, 2.05) is 0 Å². The fourth-order valence-electron chi connectivity index (χ4n) is 5.27. The van der Waals surface area contributed by atoms with Gasteiger partial charge in [-0.2, -0.15) is 0 Å². The Morgan fingerprint density at radius 1 is 0.773 bits per heavy atom. The Labute approximate surface area is 247 Å². The van der Waals surface area contributed by atoms with Gasteiger partial charge in [0.25, 0.3) is 0 Å². The van der Waals surface area contributed by atoms with E-state index >= 15 is 0 Å². The number of rotatable bonds is 7. The van der Waals surface area contributed by atoms with Crippen LogP contribution in [0.4, 0.5) is 0 Å². The van der Waals surface area contributed by atoms with E-state index in [2.05, 4.69) is 0 Å². The first kappa shape index (κ1) is 31.9. The Kier molecular flexibility index (Phi) is 9.01. The molecule has 2 aliphatic heterocycles. The zero-order chi connectivity index (χ0) is 32.0. The quantitative estimate of drug-likeness (QED) is 0.131. The van der Waals surface area contributed by atoms with Crippen molar-refractivity contribution in [1.82, 2.24) is 0 Å². The third kappa shape index (κ3) is 5.45. The van der Waals surface area contributed by atoms with Gasteiger partial charge in [-0.15, -0.1) is 0 Å². The normalized spacial score (nSPS) is 32.5. The van der Waals surface area contributed by atoms with Crippen LogP contribution in [0, 0.1) is 0 Å². The maximum Gasteiger partial charge on any atom is 0.229 e. The van der Waals surface area contributed by atoms with Crippen molar-refractivity contribution in [2.24, 2.45) is 0 Å². The van der Waals surface area contributed by atoms with Crippen LogP contribution < -0.4 is 14.9 Å². The van der Waals surface area contributed by atoms with Crippen LogP contribution in [-0.2, 0) is 9.47 Å². The Morgan fingerprint density at radius 2 is 1.41 bits per heavy atom. The molecule has 3 heterocycles. The van der Waals surface area contributed by atoms with E-state index in [0.717, 1.165) is 12.1 Å². The van der Waals surface area contributed by atoms with Gasteiger partial charge < -0.3 is 74.4 Å². The molecule has 16 nitrogen and oxygen atoms in total. The highest BCUT2D eigenvalue weighted by Crippen LogP contribution is 2.46. The summed E-state index contributed by atoms with van der Waals surface area (Å²) in [7, 11) is 1.32. The number of aromatic hydroxyl groups is 2. The number of phenolic OH excluding ortho intramolecular Hbond substituents is 2. The lowest BCUT2D eigenvalue weighted by Crippen LogP contribution is -2.60. The molecule has 2 saturated heterocycles. The summed E-state index contributed by atoms with van der Waals surface area (Å²) < 4.78 is 27.8. The van der Waals surface area contributed by atoms with Gasteiger partial charge in [-0.1, -0.05) is 0 Å². The van der Waals surface area contributed by atoms with Gasteiger partial charge in [0, 0.05) is 17.7 Å². The van der Waals surface area contributed by atoms with Gasteiger partial charge in [-0.3, -0.25) is 4.79 Å². The van der Waals surface area contributed by atoms with Gasteiger partial charge >= 0.3 is 0 Å². The average Bonchev–Trinajstić information content (AvgIpc) is 3.00. The number of hydrogen-bond donors (Lipinski definition) is 10. The average molecular weight is 625 g/mol. The lowest BCUT2D eigenvalue weighted by molar-refractivity contribution is -0.278.